The SMILES string of the molecule is CN=C(NCc1cccc(C(F)(F)F)c1)NCC1(C(=O)N(C)C)CCCC1.I. The van der Waals surface area contributed by atoms with Gasteiger partial charge in [-0.3, -0.25) is 9.79 Å². The Morgan fingerprint density at radius 3 is 2.39 bits per heavy atom. The van der Waals surface area contributed by atoms with Gasteiger partial charge >= 0.3 is 6.18 Å². The van der Waals surface area contributed by atoms with E-state index in [9.17, 15) is 18.0 Å². The van der Waals surface area contributed by atoms with Crippen LogP contribution in [-0.4, -0.2) is 44.5 Å². The first kappa shape index (κ1) is 24.5. The van der Waals surface area contributed by atoms with Crippen LogP contribution >= 0.6 is 24.0 Å². The van der Waals surface area contributed by atoms with Crippen LogP contribution in [0, 0.1) is 5.41 Å². The van der Waals surface area contributed by atoms with Gasteiger partial charge in [0.25, 0.3) is 0 Å². The molecule has 28 heavy (non-hydrogen) atoms. The number of halogens is 4. The maximum Gasteiger partial charge on any atom is 0.416 e. The van der Waals surface area contributed by atoms with E-state index < -0.39 is 17.2 Å². The van der Waals surface area contributed by atoms with Crippen LogP contribution in [0.2, 0.25) is 0 Å². The van der Waals surface area contributed by atoms with Crippen LogP contribution < -0.4 is 10.6 Å². The molecule has 1 aliphatic carbocycles. The van der Waals surface area contributed by atoms with Crippen LogP contribution in [-0.2, 0) is 17.5 Å². The molecule has 2 rings (SSSR count). The summed E-state index contributed by atoms with van der Waals surface area (Å²) in [6.07, 6.45) is -0.699. The lowest BCUT2D eigenvalue weighted by molar-refractivity contribution is -0.139. The summed E-state index contributed by atoms with van der Waals surface area (Å²) in [6, 6.07) is 5.18. The number of nitrogens with zero attached hydrogens (tertiary/aromatic N) is 2. The summed E-state index contributed by atoms with van der Waals surface area (Å²) in [4.78, 5) is 18.3. The van der Waals surface area contributed by atoms with Crippen molar-refractivity contribution in [2.75, 3.05) is 27.7 Å². The monoisotopic (exact) mass is 512 g/mol. The third-order valence-electron chi connectivity index (χ3n) is 4.95. The summed E-state index contributed by atoms with van der Waals surface area (Å²) in [5.41, 5.74) is -0.615. The third kappa shape index (κ3) is 6.25. The van der Waals surface area contributed by atoms with Crippen LogP contribution in [0.1, 0.15) is 36.8 Å². The van der Waals surface area contributed by atoms with Gasteiger partial charge in [0.05, 0.1) is 11.0 Å². The Hall–Kier alpha value is -1.52. The summed E-state index contributed by atoms with van der Waals surface area (Å²) in [6.45, 7) is 0.657. The minimum atomic E-state index is -4.36. The number of aliphatic imine (C=N–C) groups is 1. The first-order valence-electron chi connectivity index (χ1n) is 9.00. The number of alkyl halides is 3. The van der Waals surface area contributed by atoms with Gasteiger partial charge in [-0.05, 0) is 30.5 Å². The minimum absolute atomic E-state index is 0. The zero-order valence-electron chi connectivity index (χ0n) is 16.4. The lowest BCUT2D eigenvalue weighted by Crippen LogP contribution is -2.49. The normalized spacial score (nSPS) is 16.3. The molecular weight excluding hydrogens is 484 g/mol. The Labute approximate surface area is 181 Å². The zero-order chi connectivity index (χ0) is 20.1. The first-order valence-corrected chi connectivity index (χ1v) is 9.00. The van der Waals surface area contributed by atoms with Crippen LogP contribution in [0.4, 0.5) is 13.2 Å². The Morgan fingerprint density at radius 2 is 1.86 bits per heavy atom. The van der Waals surface area contributed by atoms with E-state index in [4.69, 9.17) is 0 Å². The van der Waals surface area contributed by atoms with Crippen molar-refractivity contribution < 1.29 is 18.0 Å². The molecule has 0 unspecified atom stereocenters. The Balaban J connectivity index is 0.00000392. The molecule has 1 saturated carbocycles. The molecule has 0 heterocycles. The van der Waals surface area contributed by atoms with Crippen molar-refractivity contribution in [3.8, 4) is 0 Å². The van der Waals surface area contributed by atoms with Gasteiger partial charge in [-0.15, -0.1) is 24.0 Å². The largest absolute Gasteiger partial charge is 0.416 e. The molecule has 0 atom stereocenters. The van der Waals surface area contributed by atoms with Gasteiger partial charge in [-0.2, -0.15) is 13.2 Å². The van der Waals surface area contributed by atoms with Gasteiger partial charge in [0.15, 0.2) is 5.96 Å². The Bertz CT molecular complexity index is 686. The second-order valence-electron chi connectivity index (χ2n) is 7.16. The zero-order valence-corrected chi connectivity index (χ0v) is 18.7. The van der Waals surface area contributed by atoms with Crippen molar-refractivity contribution in [3.63, 3.8) is 0 Å². The number of hydrogen-bond acceptors (Lipinski definition) is 2. The fourth-order valence-electron chi connectivity index (χ4n) is 3.51. The summed E-state index contributed by atoms with van der Waals surface area (Å²) >= 11 is 0. The van der Waals surface area contributed by atoms with Crippen LogP contribution in [0.5, 0.6) is 0 Å². The second kappa shape index (κ2) is 10.3. The van der Waals surface area contributed by atoms with Gasteiger partial charge in [0.1, 0.15) is 0 Å². The molecule has 9 heteroatoms. The summed E-state index contributed by atoms with van der Waals surface area (Å²) < 4.78 is 38.5. The van der Waals surface area contributed by atoms with Crippen LogP contribution in [0.25, 0.3) is 0 Å². The third-order valence-corrected chi connectivity index (χ3v) is 4.95. The average Bonchev–Trinajstić information content (AvgIpc) is 3.10. The van der Waals surface area contributed by atoms with Crippen molar-refractivity contribution >= 4 is 35.8 Å². The number of carbonyl (C=O) groups is 1. The highest BCUT2D eigenvalue weighted by Crippen LogP contribution is 2.38. The van der Waals surface area contributed by atoms with Gasteiger partial charge < -0.3 is 15.5 Å². The van der Waals surface area contributed by atoms with Crippen LogP contribution in [0.15, 0.2) is 29.3 Å². The molecule has 1 fully saturated rings. The first-order chi connectivity index (χ1) is 12.7. The molecule has 0 aromatic heterocycles. The Morgan fingerprint density at radius 1 is 1.21 bits per heavy atom. The molecule has 1 aromatic rings. The maximum absolute atomic E-state index is 12.8. The molecule has 0 bridgehead atoms. The maximum atomic E-state index is 12.8. The van der Waals surface area contributed by atoms with E-state index in [1.165, 1.54) is 6.07 Å². The van der Waals surface area contributed by atoms with Crippen molar-refractivity contribution in [1.29, 1.82) is 0 Å². The molecule has 1 amide bonds. The number of carbonyl (C=O) groups excluding carboxylic acids is 1. The second-order valence-corrected chi connectivity index (χ2v) is 7.16. The average molecular weight is 512 g/mol. The molecule has 1 aliphatic rings. The van der Waals surface area contributed by atoms with Crippen molar-refractivity contribution in [3.05, 3.63) is 35.4 Å². The van der Waals surface area contributed by atoms with E-state index >= 15 is 0 Å². The van der Waals surface area contributed by atoms with E-state index in [2.05, 4.69) is 15.6 Å². The molecule has 1 aromatic carbocycles. The molecule has 2 N–H and O–H groups in total. The van der Waals surface area contributed by atoms with Gasteiger partial charge in [-0.1, -0.05) is 25.0 Å². The highest BCUT2D eigenvalue weighted by molar-refractivity contribution is 14.0. The van der Waals surface area contributed by atoms with Gasteiger partial charge in [0.2, 0.25) is 5.91 Å². The molecule has 0 radical (unpaired) electrons. The lowest BCUT2D eigenvalue weighted by atomic mass is 9.84. The van der Waals surface area contributed by atoms with Crippen molar-refractivity contribution in [2.24, 2.45) is 10.4 Å². The van der Waals surface area contributed by atoms with E-state index in [-0.39, 0.29) is 36.4 Å². The van der Waals surface area contributed by atoms with Crippen molar-refractivity contribution in [2.45, 2.75) is 38.4 Å². The lowest BCUT2D eigenvalue weighted by Gasteiger charge is -2.31. The number of hydrogen-bond donors (Lipinski definition) is 2. The standard InChI is InChI=1S/C19H27F3N4O.HI/c1-23-17(24-12-14-7-6-8-15(11-14)19(20,21)22)25-13-18(9-4-5-10-18)16(27)26(2)3;/h6-8,11H,4-5,9-10,12-13H2,1-3H3,(H2,23,24,25);1H. The molecule has 158 valence electrons. The Kier molecular flexibility index (Phi) is 9.03. The minimum Gasteiger partial charge on any atom is -0.355 e. The predicted octanol–water partition coefficient (Wildman–Crippen LogP) is 3.64. The summed E-state index contributed by atoms with van der Waals surface area (Å²) in [7, 11) is 5.10. The van der Waals surface area contributed by atoms with E-state index in [0.717, 1.165) is 37.8 Å². The highest BCUT2D eigenvalue weighted by atomic mass is 127. The van der Waals surface area contributed by atoms with E-state index in [1.54, 1.807) is 32.1 Å². The van der Waals surface area contributed by atoms with E-state index in [0.29, 0.717) is 18.1 Å². The van der Waals surface area contributed by atoms with Crippen molar-refractivity contribution in [1.82, 2.24) is 15.5 Å². The highest BCUT2D eigenvalue weighted by Gasteiger charge is 2.42. The summed E-state index contributed by atoms with van der Waals surface area (Å²) in [5.74, 6) is 0.561. The molecule has 0 saturated heterocycles. The number of amides is 1. The number of guanidine groups is 1. The number of nitrogens with one attached hydrogen (secondary N) is 2. The van der Waals surface area contributed by atoms with E-state index in [1.807, 2.05) is 0 Å². The number of benzene rings is 1. The fourth-order valence-corrected chi connectivity index (χ4v) is 3.51. The molecule has 0 aliphatic heterocycles. The predicted molar refractivity (Wildman–Crippen MR) is 115 cm³/mol. The van der Waals surface area contributed by atoms with Gasteiger partial charge in [-0.25, -0.2) is 0 Å². The summed E-state index contributed by atoms with van der Waals surface area (Å²) in [5, 5.41) is 6.19. The molecule has 5 nitrogen and oxygen atoms in total. The van der Waals surface area contributed by atoms with Crippen LogP contribution in [0.3, 0.4) is 0 Å². The fraction of sp³-hybridized carbons (Fsp3) is 0.579. The quantitative estimate of drug-likeness (QED) is 0.360. The smallest absolute Gasteiger partial charge is 0.355 e. The molecule has 0 spiro atoms. The van der Waals surface area contributed by atoms with Gasteiger partial charge in [0, 0.05) is 34.2 Å². The topological polar surface area (TPSA) is 56.7 Å². The number of rotatable bonds is 5. The molecular formula is C19H28F3IN4O.